The van der Waals surface area contributed by atoms with Crippen LogP contribution in [0, 0.1) is 10.1 Å². The van der Waals surface area contributed by atoms with Crippen LogP contribution in [0.25, 0.3) is 0 Å². The quantitative estimate of drug-likeness (QED) is 0.474. The largest absolute Gasteiger partial charge is 0.462 e. The second kappa shape index (κ2) is 7.69. The van der Waals surface area contributed by atoms with Gasteiger partial charge in [-0.3, -0.25) is 10.1 Å². The van der Waals surface area contributed by atoms with E-state index in [0.717, 1.165) is 0 Å². The van der Waals surface area contributed by atoms with Crippen molar-refractivity contribution in [1.82, 2.24) is 0 Å². The van der Waals surface area contributed by atoms with Crippen molar-refractivity contribution in [3.05, 3.63) is 81.5 Å². The number of nitrogens with one attached hydrogen (secondary N) is 1. The molecule has 0 spiro atoms. The van der Waals surface area contributed by atoms with Crippen molar-refractivity contribution in [3.63, 3.8) is 0 Å². The smallest absolute Gasteiger partial charge is 0.356 e. The number of benzene rings is 2. The molecule has 1 unspecified atom stereocenters. The van der Waals surface area contributed by atoms with E-state index in [9.17, 15) is 19.7 Å². The third-order valence-corrected chi connectivity index (χ3v) is 3.91. The second-order valence-corrected chi connectivity index (χ2v) is 5.63. The van der Waals surface area contributed by atoms with Crippen LogP contribution in [0.1, 0.15) is 18.6 Å². The van der Waals surface area contributed by atoms with Crippen LogP contribution in [0.3, 0.4) is 0 Å². The van der Waals surface area contributed by atoms with E-state index in [1.54, 1.807) is 31.2 Å². The molecule has 3 rings (SSSR count). The fourth-order valence-electron chi connectivity index (χ4n) is 2.67. The van der Waals surface area contributed by atoms with Crippen LogP contribution >= 0.6 is 0 Å². The number of non-ortho nitro benzene ring substituents is 1. The fraction of sp³-hybridized carbons (Fsp3) is 0.158. The number of rotatable bonds is 6. The minimum absolute atomic E-state index is 0.0111. The van der Waals surface area contributed by atoms with Crippen LogP contribution in [0.15, 0.2) is 65.9 Å². The molecule has 8 nitrogen and oxygen atoms in total. The molecular weight excluding hydrogens is 352 g/mol. The van der Waals surface area contributed by atoms with Crippen molar-refractivity contribution in [3.8, 4) is 0 Å². The summed E-state index contributed by atoms with van der Waals surface area (Å²) in [5.74, 6) is -1.39. The van der Waals surface area contributed by atoms with Crippen molar-refractivity contribution < 1.29 is 24.0 Å². The number of anilines is 1. The first kappa shape index (κ1) is 18.1. The predicted molar refractivity (Wildman–Crippen MR) is 95.7 cm³/mol. The molecule has 1 heterocycles. The first-order chi connectivity index (χ1) is 13.0. The highest BCUT2D eigenvalue weighted by Gasteiger charge is 2.40. The SMILES string of the molecule is CCOC(=O)C1=C(Nc2ccccc2)C(=O)OC1c1ccc([N+](=O)[O-])cc1. The number of nitro groups is 1. The number of nitrogens with zero attached hydrogens (tertiary/aromatic N) is 1. The van der Waals surface area contributed by atoms with Crippen LogP contribution in [-0.2, 0) is 19.1 Å². The van der Waals surface area contributed by atoms with Crippen LogP contribution in [-0.4, -0.2) is 23.5 Å². The minimum atomic E-state index is -1.01. The summed E-state index contributed by atoms with van der Waals surface area (Å²) in [6, 6.07) is 14.3. The molecule has 2 aromatic rings. The van der Waals surface area contributed by atoms with Gasteiger partial charge in [0.15, 0.2) is 6.10 Å². The van der Waals surface area contributed by atoms with Gasteiger partial charge in [-0.2, -0.15) is 0 Å². The lowest BCUT2D eigenvalue weighted by molar-refractivity contribution is -0.384. The van der Waals surface area contributed by atoms with E-state index in [1.807, 2.05) is 6.07 Å². The predicted octanol–water partition coefficient (Wildman–Crippen LogP) is 3.12. The maximum absolute atomic E-state index is 12.5. The third-order valence-electron chi connectivity index (χ3n) is 3.91. The molecule has 0 saturated carbocycles. The first-order valence-corrected chi connectivity index (χ1v) is 8.20. The topological polar surface area (TPSA) is 108 Å². The van der Waals surface area contributed by atoms with Gasteiger partial charge >= 0.3 is 11.9 Å². The molecule has 0 aliphatic carbocycles. The Kier molecular flexibility index (Phi) is 5.16. The number of esters is 2. The molecule has 0 amide bonds. The van der Waals surface area contributed by atoms with Crippen LogP contribution < -0.4 is 5.32 Å². The van der Waals surface area contributed by atoms with Crippen molar-refractivity contribution in [2.24, 2.45) is 0 Å². The van der Waals surface area contributed by atoms with Gasteiger partial charge in [0.05, 0.1) is 11.5 Å². The highest BCUT2D eigenvalue weighted by atomic mass is 16.6. The molecule has 1 aliphatic heterocycles. The number of nitro benzene ring substituents is 1. The van der Waals surface area contributed by atoms with Gasteiger partial charge in [0.1, 0.15) is 11.3 Å². The number of hydrogen-bond donors (Lipinski definition) is 1. The van der Waals surface area contributed by atoms with Gasteiger partial charge in [0.2, 0.25) is 0 Å². The average Bonchev–Trinajstić information content (AvgIpc) is 2.99. The summed E-state index contributed by atoms with van der Waals surface area (Å²) in [7, 11) is 0. The van der Waals surface area contributed by atoms with E-state index >= 15 is 0 Å². The van der Waals surface area contributed by atoms with E-state index in [-0.39, 0.29) is 23.6 Å². The Labute approximate surface area is 154 Å². The van der Waals surface area contributed by atoms with Crippen LogP contribution in [0.4, 0.5) is 11.4 Å². The van der Waals surface area contributed by atoms with Crippen LogP contribution in [0.2, 0.25) is 0 Å². The summed E-state index contributed by atoms with van der Waals surface area (Å²) in [6.45, 7) is 1.78. The number of cyclic esters (lactones) is 1. The zero-order chi connectivity index (χ0) is 19.4. The van der Waals surface area contributed by atoms with Crippen molar-refractivity contribution in [2.75, 3.05) is 11.9 Å². The Morgan fingerprint density at radius 2 is 1.85 bits per heavy atom. The lowest BCUT2D eigenvalue weighted by Gasteiger charge is -2.13. The Hall–Kier alpha value is -3.68. The summed E-state index contributed by atoms with van der Waals surface area (Å²) < 4.78 is 10.4. The minimum Gasteiger partial charge on any atom is -0.462 e. The molecule has 138 valence electrons. The number of carbonyl (C=O) groups excluding carboxylic acids is 2. The average molecular weight is 368 g/mol. The third kappa shape index (κ3) is 3.79. The molecule has 27 heavy (non-hydrogen) atoms. The summed E-state index contributed by atoms with van der Waals surface area (Å²) in [5.41, 5.74) is 0.951. The van der Waals surface area contributed by atoms with Gasteiger partial charge in [0, 0.05) is 17.8 Å². The molecule has 1 atom stereocenters. The van der Waals surface area contributed by atoms with Crippen molar-refractivity contribution in [2.45, 2.75) is 13.0 Å². The summed E-state index contributed by atoms with van der Waals surface area (Å²) >= 11 is 0. The maximum Gasteiger partial charge on any atom is 0.356 e. The Morgan fingerprint density at radius 1 is 1.19 bits per heavy atom. The molecule has 2 aromatic carbocycles. The molecule has 0 aromatic heterocycles. The Morgan fingerprint density at radius 3 is 2.44 bits per heavy atom. The van der Waals surface area contributed by atoms with Gasteiger partial charge < -0.3 is 14.8 Å². The fourth-order valence-corrected chi connectivity index (χ4v) is 2.67. The number of para-hydroxylation sites is 1. The number of carbonyl (C=O) groups is 2. The molecule has 0 radical (unpaired) electrons. The molecular formula is C19H16N2O6. The van der Waals surface area contributed by atoms with Gasteiger partial charge in [-0.1, -0.05) is 18.2 Å². The number of ether oxygens (including phenoxy) is 2. The standard InChI is InChI=1S/C19H16N2O6/c1-2-26-18(22)15-16(20-13-6-4-3-5-7-13)19(23)27-17(15)12-8-10-14(11-9-12)21(24)25/h3-11,17,20H,2H2,1H3. The van der Waals surface area contributed by atoms with E-state index in [4.69, 9.17) is 9.47 Å². The lowest BCUT2D eigenvalue weighted by Crippen LogP contribution is -2.16. The summed E-state index contributed by atoms with van der Waals surface area (Å²) in [6.07, 6.45) is -1.01. The van der Waals surface area contributed by atoms with Gasteiger partial charge in [-0.05, 0) is 36.8 Å². The van der Waals surface area contributed by atoms with Gasteiger partial charge in [-0.15, -0.1) is 0 Å². The Bertz CT molecular complexity index is 906. The number of hydrogen-bond acceptors (Lipinski definition) is 7. The lowest BCUT2D eigenvalue weighted by atomic mass is 10.0. The van der Waals surface area contributed by atoms with E-state index in [0.29, 0.717) is 11.3 Å². The molecule has 0 bridgehead atoms. The van der Waals surface area contributed by atoms with E-state index < -0.39 is 23.0 Å². The highest BCUT2D eigenvalue weighted by molar-refractivity contribution is 6.06. The van der Waals surface area contributed by atoms with Gasteiger partial charge in [-0.25, -0.2) is 9.59 Å². The highest BCUT2D eigenvalue weighted by Crippen LogP contribution is 2.37. The molecule has 8 heteroatoms. The normalized spacial score (nSPS) is 16.0. The van der Waals surface area contributed by atoms with Crippen molar-refractivity contribution in [1.29, 1.82) is 0 Å². The van der Waals surface area contributed by atoms with Crippen molar-refractivity contribution >= 4 is 23.3 Å². The van der Waals surface area contributed by atoms with E-state index in [2.05, 4.69) is 5.32 Å². The van der Waals surface area contributed by atoms with E-state index in [1.165, 1.54) is 24.3 Å². The molecule has 1 N–H and O–H groups in total. The summed E-state index contributed by atoms with van der Waals surface area (Å²) in [4.78, 5) is 35.2. The summed E-state index contributed by atoms with van der Waals surface area (Å²) in [5, 5.41) is 13.7. The second-order valence-electron chi connectivity index (χ2n) is 5.63. The molecule has 0 fully saturated rings. The first-order valence-electron chi connectivity index (χ1n) is 8.20. The zero-order valence-corrected chi connectivity index (χ0v) is 14.4. The Balaban J connectivity index is 2.01. The molecule has 1 aliphatic rings. The monoisotopic (exact) mass is 368 g/mol. The van der Waals surface area contributed by atoms with Gasteiger partial charge in [0.25, 0.3) is 5.69 Å². The maximum atomic E-state index is 12.5. The molecule has 0 saturated heterocycles. The zero-order valence-electron chi connectivity index (χ0n) is 14.4. The van der Waals surface area contributed by atoms with Crippen LogP contribution in [0.5, 0.6) is 0 Å².